The molecule has 0 aliphatic heterocycles. The molecule has 0 N–H and O–H groups in total. The molecule has 0 radical (unpaired) electrons. The summed E-state index contributed by atoms with van der Waals surface area (Å²) in [7, 11) is 0. The summed E-state index contributed by atoms with van der Waals surface area (Å²) in [5.74, 6) is 0. The van der Waals surface area contributed by atoms with Gasteiger partial charge >= 0.3 is 0 Å². The maximum atomic E-state index is 3.51. The number of hydrogen-bond donors (Lipinski definition) is 0. The molecule has 3 rings (SSSR count). The second-order valence-electron chi connectivity index (χ2n) is 5.48. The second-order valence-corrected chi connectivity index (χ2v) is 8.25. The Balaban J connectivity index is 1.97. The summed E-state index contributed by atoms with van der Waals surface area (Å²) in [5.41, 5.74) is 4.92. The lowest BCUT2D eigenvalue weighted by molar-refractivity contribution is 1.38. The Morgan fingerprint density at radius 3 is 1.62 bits per heavy atom. The third kappa shape index (κ3) is 4.62. The van der Waals surface area contributed by atoms with Gasteiger partial charge in [0.25, 0.3) is 0 Å². The van der Waals surface area contributed by atoms with Crippen LogP contribution in [0.5, 0.6) is 0 Å². The van der Waals surface area contributed by atoms with Crippen molar-refractivity contribution in [3.05, 3.63) is 104 Å². The van der Waals surface area contributed by atoms with Crippen LogP contribution in [0.4, 0.5) is 0 Å². The minimum absolute atomic E-state index is 1.09. The van der Waals surface area contributed by atoms with Crippen molar-refractivity contribution in [2.75, 3.05) is 0 Å². The van der Waals surface area contributed by atoms with E-state index in [9.17, 15) is 0 Å². The van der Waals surface area contributed by atoms with Crippen molar-refractivity contribution in [1.82, 2.24) is 0 Å². The summed E-state index contributed by atoms with van der Waals surface area (Å²) in [6.07, 6.45) is 0. The van der Waals surface area contributed by atoms with Gasteiger partial charge in [0.05, 0.1) is 0 Å². The molecule has 120 valence electrons. The van der Waals surface area contributed by atoms with E-state index < -0.39 is 0 Å². The zero-order valence-electron chi connectivity index (χ0n) is 13.2. The van der Waals surface area contributed by atoms with Crippen molar-refractivity contribution in [3.63, 3.8) is 0 Å². The van der Waals surface area contributed by atoms with Crippen molar-refractivity contribution in [2.45, 2.75) is 11.8 Å². The van der Waals surface area contributed by atoms with Gasteiger partial charge in [-0.15, -0.1) is 0 Å². The highest BCUT2D eigenvalue weighted by Gasteiger charge is 2.06. The molecule has 0 spiro atoms. The van der Waals surface area contributed by atoms with E-state index >= 15 is 0 Å². The van der Waals surface area contributed by atoms with Crippen LogP contribution in [0, 0.1) is 6.92 Å². The third-order valence-corrected chi connectivity index (χ3v) is 5.60. The Hall–Kier alpha value is -1.29. The van der Waals surface area contributed by atoms with E-state index in [-0.39, 0.29) is 0 Å². The van der Waals surface area contributed by atoms with Crippen LogP contribution in [0.25, 0.3) is 5.57 Å². The number of halogens is 2. The van der Waals surface area contributed by atoms with E-state index in [2.05, 4.69) is 117 Å². The van der Waals surface area contributed by atoms with E-state index in [1.54, 1.807) is 11.8 Å². The highest BCUT2D eigenvalue weighted by Crippen LogP contribution is 2.31. The molecular weight excluding hydrogens is 444 g/mol. The molecule has 0 amide bonds. The first kappa shape index (κ1) is 17.5. The summed E-state index contributed by atoms with van der Waals surface area (Å²) < 4.78 is 2.18. The number of rotatable bonds is 4. The average Bonchev–Trinajstić information content (AvgIpc) is 2.59. The van der Waals surface area contributed by atoms with E-state index in [1.165, 1.54) is 27.2 Å². The van der Waals surface area contributed by atoms with Crippen molar-refractivity contribution < 1.29 is 0 Å². The quantitative estimate of drug-likeness (QED) is 0.360. The molecule has 0 atom stereocenters. The summed E-state index contributed by atoms with van der Waals surface area (Å²) in [6.45, 7) is 2.11. The average molecular weight is 460 g/mol. The molecule has 3 heteroatoms. The summed E-state index contributed by atoms with van der Waals surface area (Å²) in [4.78, 5) is 1.24. The van der Waals surface area contributed by atoms with Crippen LogP contribution in [0.15, 0.2) is 92.0 Å². The fourth-order valence-electron chi connectivity index (χ4n) is 2.31. The first-order valence-corrected chi connectivity index (χ1v) is 10.0. The fourth-order valence-corrected chi connectivity index (χ4v) is 3.65. The van der Waals surface area contributed by atoms with Gasteiger partial charge in [-0.1, -0.05) is 85.6 Å². The van der Waals surface area contributed by atoms with Crippen molar-refractivity contribution in [1.29, 1.82) is 0 Å². The highest BCUT2D eigenvalue weighted by molar-refractivity contribution is 9.10. The van der Waals surface area contributed by atoms with Gasteiger partial charge in [-0.25, -0.2) is 0 Å². The monoisotopic (exact) mass is 458 g/mol. The van der Waals surface area contributed by atoms with Gasteiger partial charge in [-0.05, 0) is 65.4 Å². The van der Waals surface area contributed by atoms with Crippen LogP contribution in [0.3, 0.4) is 0 Å². The van der Waals surface area contributed by atoms with E-state index in [0.29, 0.717) is 0 Å². The third-order valence-electron chi connectivity index (χ3n) is 3.64. The Bertz CT molecular complexity index is 785. The predicted octanol–water partition coefficient (Wildman–Crippen LogP) is 7.70. The van der Waals surface area contributed by atoms with Gasteiger partial charge in [0.15, 0.2) is 0 Å². The number of thioether (sulfide) groups is 1. The minimum atomic E-state index is 1.09. The molecule has 0 aliphatic carbocycles. The fraction of sp³-hybridized carbons (Fsp3) is 0.0476. The van der Waals surface area contributed by atoms with Crippen LogP contribution in [-0.2, 0) is 0 Å². The Kier molecular flexibility index (Phi) is 5.99. The molecule has 0 aliphatic rings. The van der Waals surface area contributed by atoms with Crippen LogP contribution < -0.4 is 0 Å². The van der Waals surface area contributed by atoms with Gasteiger partial charge in [0, 0.05) is 13.8 Å². The normalized spacial score (nSPS) is 10.5. The molecular formula is C21H16Br2S. The molecule has 0 unspecified atom stereocenters. The molecule has 0 nitrogen and oxygen atoms in total. The lowest BCUT2D eigenvalue weighted by Gasteiger charge is -2.09. The Labute approximate surface area is 164 Å². The first-order valence-electron chi connectivity index (χ1n) is 7.57. The maximum absolute atomic E-state index is 3.51. The van der Waals surface area contributed by atoms with Crippen molar-refractivity contribution in [2.24, 2.45) is 0 Å². The Morgan fingerprint density at radius 2 is 1.17 bits per heavy atom. The smallest absolute Gasteiger partial charge is 0.0175 e. The lowest BCUT2D eigenvalue weighted by atomic mass is 10.00. The molecule has 3 aromatic rings. The number of hydrogen-bond acceptors (Lipinski definition) is 1. The standard InChI is InChI=1S/C21H16Br2S/c1-15-2-12-20(13-3-15)24-14-21(16-4-8-18(22)9-5-16)17-6-10-19(23)11-7-17/h2-14H,1H3. The van der Waals surface area contributed by atoms with Gasteiger partial charge < -0.3 is 0 Å². The molecule has 0 fully saturated rings. The molecule has 0 heterocycles. The molecule has 0 saturated carbocycles. The maximum Gasteiger partial charge on any atom is 0.0175 e. The van der Waals surface area contributed by atoms with Crippen LogP contribution >= 0.6 is 43.6 Å². The second kappa shape index (κ2) is 8.19. The zero-order valence-corrected chi connectivity index (χ0v) is 17.2. The summed E-state index contributed by atoms with van der Waals surface area (Å²) >= 11 is 8.77. The highest BCUT2D eigenvalue weighted by atomic mass is 79.9. The topological polar surface area (TPSA) is 0 Å². The summed E-state index contributed by atoms with van der Waals surface area (Å²) in [6, 6.07) is 25.5. The molecule has 0 bridgehead atoms. The van der Waals surface area contributed by atoms with Crippen LogP contribution in [-0.4, -0.2) is 0 Å². The van der Waals surface area contributed by atoms with Gasteiger partial charge in [0.2, 0.25) is 0 Å². The van der Waals surface area contributed by atoms with E-state index in [4.69, 9.17) is 0 Å². The van der Waals surface area contributed by atoms with Gasteiger partial charge in [-0.3, -0.25) is 0 Å². The summed E-state index contributed by atoms with van der Waals surface area (Å²) in [5, 5.41) is 2.23. The largest absolute Gasteiger partial charge is 0.0974 e. The zero-order chi connectivity index (χ0) is 16.9. The SMILES string of the molecule is Cc1ccc(SC=C(c2ccc(Br)cc2)c2ccc(Br)cc2)cc1. The molecule has 0 aromatic heterocycles. The molecule has 24 heavy (non-hydrogen) atoms. The van der Waals surface area contributed by atoms with Crippen LogP contribution in [0.2, 0.25) is 0 Å². The predicted molar refractivity (Wildman–Crippen MR) is 112 cm³/mol. The number of benzene rings is 3. The van der Waals surface area contributed by atoms with E-state index in [1.807, 2.05) is 0 Å². The number of aryl methyl sites for hydroxylation is 1. The van der Waals surface area contributed by atoms with Gasteiger partial charge in [0.1, 0.15) is 0 Å². The minimum Gasteiger partial charge on any atom is -0.0974 e. The van der Waals surface area contributed by atoms with E-state index in [0.717, 1.165) is 8.95 Å². The lowest BCUT2D eigenvalue weighted by Crippen LogP contribution is -1.87. The van der Waals surface area contributed by atoms with Crippen LogP contribution in [0.1, 0.15) is 16.7 Å². The van der Waals surface area contributed by atoms with Gasteiger partial charge in [-0.2, -0.15) is 0 Å². The van der Waals surface area contributed by atoms with Crippen molar-refractivity contribution >= 4 is 49.2 Å². The molecule has 3 aromatic carbocycles. The molecule has 0 saturated heterocycles. The first-order chi connectivity index (χ1) is 11.6. The van der Waals surface area contributed by atoms with Crippen molar-refractivity contribution in [3.8, 4) is 0 Å². The Morgan fingerprint density at radius 1 is 0.708 bits per heavy atom.